The predicted octanol–water partition coefficient (Wildman–Crippen LogP) is 2.72. The zero-order valence-corrected chi connectivity index (χ0v) is 9.05. The number of nitrogens with one attached hydrogen (secondary N) is 1. The summed E-state index contributed by atoms with van der Waals surface area (Å²) in [5, 5.41) is 13.5. The third kappa shape index (κ3) is 2.41. The van der Waals surface area contributed by atoms with Crippen molar-refractivity contribution in [1.29, 1.82) is 0 Å². The second-order valence-corrected chi connectivity index (χ2v) is 3.43. The first-order valence-electron chi connectivity index (χ1n) is 5.10. The van der Waals surface area contributed by atoms with Crippen molar-refractivity contribution in [3.63, 3.8) is 0 Å². The minimum absolute atomic E-state index is 0.00319. The molecule has 0 saturated carbocycles. The molecule has 0 bridgehead atoms. The van der Waals surface area contributed by atoms with Crippen LogP contribution in [0.1, 0.15) is 6.42 Å². The van der Waals surface area contributed by atoms with E-state index < -0.39 is 4.92 Å². The molecule has 6 heteroatoms. The van der Waals surface area contributed by atoms with Gasteiger partial charge in [-0.2, -0.15) is 4.98 Å². The Morgan fingerprint density at radius 3 is 3.12 bits per heavy atom. The number of nitro benzene ring substituents is 1. The number of nitrogens with zero attached hydrogens (tertiary/aromatic N) is 2. The van der Waals surface area contributed by atoms with Crippen molar-refractivity contribution in [3.05, 3.63) is 41.0 Å². The molecule has 1 N–H and O–H groups in total. The summed E-state index contributed by atoms with van der Waals surface area (Å²) in [6.45, 7) is 4.26. The Kier molecular flexibility index (Phi) is 3.04. The molecule has 0 unspecified atom stereocenters. The number of aromatic nitrogens is 1. The molecule has 1 aromatic carbocycles. The molecular weight excluding hydrogens is 222 g/mol. The maximum absolute atomic E-state index is 10.6. The van der Waals surface area contributed by atoms with Crippen molar-refractivity contribution in [2.45, 2.75) is 6.42 Å². The molecule has 6 nitrogen and oxygen atoms in total. The zero-order chi connectivity index (χ0) is 12.3. The van der Waals surface area contributed by atoms with Crippen LogP contribution in [0.4, 0.5) is 11.7 Å². The maximum atomic E-state index is 10.6. The third-order valence-electron chi connectivity index (χ3n) is 2.21. The van der Waals surface area contributed by atoms with Crippen LogP contribution in [0.5, 0.6) is 0 Å². The van der Waals surface area contributed by atoms with E-state index in [9.17, 15) is 10.1 Å². The van der Waals surface area contributed by atoms with Gasteiger partial charge >= 0.3 is 0 Å². The van der Waals surface area contributed by atoms with Crippen molar-refractivity contribution < 1.29 is 9.34 Å². The lowest BCUT2D eigenvalue weighted by Crippen LogP contribution is -1.99. The second-order valence-electron chi connectivity index (χ2n) is 3.43. The molecular formula is C11H11N3O3. The summed E-state index contributed by atoms with van der Waals surface area (Å²) in [4.78, 5) is 14.2. The Morgan fingerprint density at radius 1 is 1.59 bits per heavy atom. The van der Waals surface area contributed by atoms with E-state index in [0.717, 1.165) is 6.42 Å². The third-order valence-corrected chi connectivity index (χ3v) is 2.21. The van der Waals surface area contributed by atoms with Crippen LogP contribution in [0.15, 0.2) is 35.3 Å². The van der Waals surface area contributed by atoms with Gasteiger partial charge in [-0.3, -0.25) is 10.1 Å². The number of nitro groups is 1. The SMILES string of the molecule is C=CCCNc1nc2cc([N+](=O)[O-])ccc2o1. The van der Waals surface area contributed by atoms with Crippen molar-refractivity contribution in [3.8, 4) is 0 Å². The van der Waals surface area contributed by atoms with Crippen LogP contribution in [0.25, 0.3) is 11.1 Å². The fourth-order valence-corrected chi connectivity index (χ4v) is 1.39. The van der Waals surface area contributed by atoms with Crippen molar-refractivity contribution in [2.75, 3.05) is 11.9 Å². The maximum Gasteiger partial charge on any atom is 0.295 e. The van der Waals surface area contributed by atoms with E-state index in [1.165, 1.54) is 12.1 Å². The summed E-state index contributed by atoms with van der Waals surface area (Å²) in [5.74, 6) is 0. The van der Waals surface area contributed by atoms with Gasteiger partial charge in [0.05, 0.1) is 4.92 Å². The van der Waals surface area contributed by atoms with Crippen LogP contribution < -0.4 is 5.32 Å². The average Bonchev–Trinajstić information content (AvgIpc) is 2.70. The molecule has 0 amide bonds. The van der Waals surface area contributed by atoms with Gasteiger partial charge < -0.3 is 9.73 Å². The topological polar surface area (TPSA) is 81.2 Å². The summed E-state index contributed by atoms with van der Waals surface area (Å²) in [5.41, 5.74) is 1.00. The molecule has 2 rings (SSSR count). The number of oxazole rings is 1. The van der Waals surface area contributed by atoms with Gasteiger partial charge in [0, 0.05) is 18.7 Å². The van der Waals surface area contributed by atoms with Crippen LogP contribution in [-0.2, 0) is 0 Å². The Morgan fingerprint density at radius 2 is 2.41 bits per heavy atom. The van der Waals surface area contributed by atoms with Crippen molar-refractivity contribution >= 4 is 22.8 Å². The van der Waals surface area contributed by atoms with E-state index in [1.54, 1.807) is 12.1 Å². The molecule has 0 aliphatic heterocycles. The highest BCUT2D eigenvalue weighted by atomic mass is 16.6. The number of non-ortho nitro benzene ring substituents is 1. The molecule has 0 aliphatic carbocycles. The summed E-state index contributed by atoms with van der Waals surface area (Å²) in [6.07, 6.45) is 2.57. The molecule has 88 valence electrons. The first-order valence-corrected chi connectivity index (χ1v) is 5.10. The van der Waals surface area contributed by atoms with Crippen molar-refractivity contribution in [2.24, 2.45) is 0 Å². The van der Waals surface area contributed by atoms with E-state index in [0.29, 0.717) is 23.7 Å². The number of hydrogen-bond donors (Lipinski definition) is 1. The molecule has 1 heterocycles. The smallest absolute Gasteiger partial charge is 0.295 e. The Labute approximate surface area is 97.1 Å². The zero-order valence-electron chi connectivity index (χ0n) is 9.05. The van der Waals surface area contributed by atoms with E-state index >= 15 is 0 Å². The molecule has 0 fully saturated rings. The van der Waals surface area contributed by atoms with Crippen LogP contribution in [0.3, 0.4) is 0 Å². The quantitative estimate of drug-likeness (QED) is 0.371. The summed E-state index contributed by atoms with van der Waals surface area (Å²) >= 11 is 0. The number of fused-ring (bicyclic) bond motifs is 1. The lowest BCUT2D eigenvalue weighted by atomic mass is 10.3. The highest BCUT2D eigenvalue weighted by Gasteiger charge is 2.10. The lowest BCUT2D eigenvalue weighted by Gasteiger charge is -1.95. The number of benzene rings is 1. The van der Waals surface area contributed by atoms with E-state index in [4.69, 9.17) is 4.42 Å². The molecule has 1 aromatic heterocycles. The van der Waals surface area contributed by atoms with Gasteiger partial charge in [-0.25, -0.2) is 0 Å². The lowest BCUT2D eigenvalue weighted by molar-refractivity contribution is -0.384. The van der Waals surface area contributed by atoms with Crippen LogP contribution in [0.2, 0.25) is 0 Å². The Balaban J connectivity index is 2.24. The Bertz CT molecular complexity index is 562. The van der Waals surface area contributed by atoms with E-state index in [2.05, 4.69) is 16.9 Å². The van der Waals surface area contributed by atoms with Crippen molar-refractivity contribution in [1.82, 2.24) is 4.98 Å². The van der Waals surface area contributed by atoms with Gasteiger partial charge in [-0.1, -0.05) is 6.08 Å². The average molecular weight is 233 g/mol. The molecule has 0 saturated heterocycles. The fraction of sp³-hybridized carbons (Fsp3) is 0.182. The van der Waals surface area contributed by atoms with Gasteiger partial charge in [-0.15, -0.1) is 6.58 Å². The molecule has 0 aliphatic rings. The van der Waals surface area contributed by atoms with Crippen LogP contribution in [-0.4, -0.2) is 16.5 Å². The first kappa shape index (κ1) is 11.1. The first-order chi connectivity index (χ1) is 8.20. The molecule has 0 spiro atoms. The minimum Gasteiger partial charge on any atom is -0.424 e. The fourth-order valence-electron chi connectivity index (χ4n) is 1.39. The van der Waals surface area contributed by atoms with Crippen LogP contribution in [0, 0.1) is 10.1 Å². The molecule has 0 radical (unpaired) electrons. The molecule has 17 heavy (non-hydrogen) atoms. The molecule has 2 aromatic rings. The largest absolute Gasteiger partial charge is 0.424 e. The highest BCUT2D eigenvalue weighted by Crippen LogP contribution is 2.23. The van der Waals surface area contributed by atoms with E-state index in [1.807, 2.05) is 0 Å². The van der Waals surface area contributed by atoms with Crippen LogP contribution >= 0.6 is 0 Å². The van der Waals surface area contributed by atoms with Gasteiger partial charge in [0.25, 0.3) is 11.7 Å². The number of rotatable bonds is 5. The molecule has 0 atom stereocenters. The number of anilines is 1. The minimum atomic E-state index is -0.459. The summed E-state index contributed by atoms with van der Waals surface area (Å²) in [6, 6.07) is 4.68. The van der Waals surface area contributed by atoms with Gasteiger partial charge in [0.2, 0.25) is 0 Å². The highest BCUT2D eigenvalue weighted by molar-refractivity contribution is 5.77. The van der Waals surface area contributed by atoms with Gasteiger partial charge in [-0.05, 0) is 12.5 Å². The monoisotopic (exact) mass is 233 g/mol. The predicted molar refractivity (Wildman–Crippen MR) is 64.0 cm³/mol. The normalized spacial score (nSPS) is 10.4. The summed E-state index contributed by atoms with van der Waals surface area (Å²) in [7, 11) is 0. The van der Waals surface area contributed by atoms with E-state index in [-0.39, 0.29) is 5.69 Å². The standard InChI is InChI=1S/C11H11N3O3/c1-2-3-6-12-11-13-9-7-8(14(15)16)4-5-10(9)17-11/h2,4-5,7H,1,3,6H2,(H,12,13). The van der Waals surface area contributed by atoms with Gasteiger partial charge in [0.15, 0.2) is 5.58 Å². The Hall–Kier alpha value is -2.37. The second kappa shape index (κ2) is 4.65. The summed E-state index contributed by atoms with van der Waals surface area (Å²) < 4.78 is 5.37. The van der Waals surface area contributed by atoms with Gasteiger partial charge in [0.1, 0.15) is 5.52 Å². The number of hydrogen-bond acceptors (Lipinski definition) is 5.